The second-order valence-electron chi connectivity index (χ2n) is 5.45. The van der Waals surface area contributed by atoms with Crippen LogP contribution in [-0.2, 0) is 6.54 Å². The average molecular weight is 304 g/mol. The summed E-state index contributed by atoms with van der Waals surface area (Å²) in [5, 5.41) is 6.78. The van der Waals surface area contributed by atoms with Crippen LogP contribution in [0, 0.1) is 13.8 Å². The lowest BCUT2D eigenvalue weighted by Crippen LogP contribution is -2.11. The van der Waals surface area contributed by atoms with Gasteiger partial charge in [-0.2, -0.15) is 0 Å². The molecule has 0 radical (unpaired) electrons. The minimum atomic E-state index is 0.313. The maximum absolute atomic E-state index is 4.68. The lowest BCUT2D eigenvalue weighted by molar-refractivity contribution is 0.772. The van der Waals surface area contributed by atoms with Gasteiger partial charge in [-0.15, -0.1) is 11.3 Å². The van der Waals surface area contributed by atoms with Crippen molar-refractivity contribution in [3.63, 3.8) is 0 Å². The lowest BCUT2D eigenvalue weighted by atomic mass is 10.2. The minimum Gasteiger partial charge on any atom is -0.370 e. The molecule has 2 heterocycles. The first kappa shape index (κ1) is 15.8. The van der Waals surface area contributed by atoms with Crippen molar-refractivity contribution in [1.29, 1.82) is 0 Å². The van der Waals surface area contributed by atoms with Gasteiger partial charge < -0.3 is 10.6 Å². The zero-order valence-electron chi connectivity index (χ0n) is 13.4. The highest BCUT2D eigenvalue weighted by atomic mass is 32.1. The zero-order valence-corrected chi connectivity index (χ0v) is 14.3. The largest absolute Gasteiger partial charge is 0.370 e. The van der Waals surface area contributed by atoms with E-state index in [-0.39, 0.29) is 0 Å². The van der Waals surface area contributed by atoms with Crippen LogP contribution in [0.25, 0.3) is 0 Å². The molecule has 0 atom stereocenters. The summed E-state index contributed by atoms with van der Waals surface area (Å²) in [6, 6.07) is 4.32. The summed E-state index contributed by atoms with van der Waals surface area (Å²) in [6.45, 7) is 12.2. The molecule has 0 fully saturated rings. The minimum absolute atomic E-state index is 0.313. The zero-order chi connectivity index (χ0) is 15.4. The molecule has 0 aliphatic heterocycles. The highest BCUT2D eigenvalue weighted by molar-refractivity contribution is 7.11. The normalized spacial score (nSPS) is 11.0. The van der Waals surface area contributed by atoms with Crippen molar-refractivity contribution in [3.05, 3.63) is 33.3 Å². The second kappa shape index (κ2) is 6.89. The predicted octanol–water partition coefficient (Wildman–Crippen LogP) is 4.32. The van der Waals surface area contributed by atoms with Gasteiger partial charge in [0.2, 0.25) is 0 Å². The van der Waals surface area contributed by atoms with Crippen LogP contribution in [0.3, 0.4) is 0 Å². The maximum Gasteiger partial charge on any atom is 0.135 e. The number of aryl methyl sites for hydroxylation is 1. The number of nitrogens with zero attached hydrogens (tertiary/aromatic N) is 2. The summed E-state index contributed by atoms with van der Waals surface area (Å²) in [7, 11) is 0. The van der Waals surface area contributed by atoms with Crippen LogP contribution in [0.2, 0.25) is 0 Å². The Morgan fingerprint density at radius 2 is 1.76 bits per heavy atom. The number of aromatic nitrogens is 2. The molecule has 5 heteroatoms. The molecule has 114 valence electrons. The molecule has 2 rings (SSSR count). The van der Waals surface area contributed by atoms with Gasteiger partial charge in [0.1, 0.15) is 17.5 Å². The van der Waals surface area contributed by atoms with Crippen molar-refractivity contribution in [2.45, 2.75) is 47.1 Å². The summed E-state index contributed by atoms with van der Waals surface area (Å²) in [6.07, 6.45) is 0. The van der Waals surface area contributed by atoms with Crippen molar-refractivity contribution in [2.75, 3.05) is 17.2 Å². The number of nitrogens with one attached hydrogen (secondary N) is 2. The van der Waals surface area contributed by atoms with Gasteiger partial charge in [-0.25, -0.2) is 9.97 Å². The van der Waals surface area contributed by atoms with Crippen molar-refractivity contribution in [1.82, 2.24) is 9.97 Å². The van der Waals surface area contributed by atoms with Crippen molar-refractivity contribution >= 4 is 23.0 Å². The van der Waals surface area contributed by atoms with Crippen LogP contribution in [0.1, 0.15) is 47.8 Å². The fraction of sp³-hybridized carbons (Fsp3) is 0.500. The highest BCUT2D eigenvalue weighted by Gasteiger charge is 2.12. The van der Waals surface area contributed by atoms with E-state index >= 15 is 0 Å². The molecule has 0 spiro atoms. The molecule has 2 aromatic heterocycles. The van der Waals surface area contributed by atoms with Gasteiger partial charge in [0.25, 0.3) is 0 Å². The fourth-order valence-electron chi connectivity index (χ4n) is 2.05. The Morgan fingerprint density at radius 3 is 2.29 bits per heavy atom. The molecule has 0 unspecified atom stereocenters. The third-order valence-electron chi connectivity index (χ3n) is 3.25. The molecule has 0 aliphatic carbocycles. The number of rotatable bonds is 6. The standard InChI is InChI=1S/C16H24N4S/c1-6-17-15-12(5)16(20-14(19-15)10(2)3)18-9-13-8-7-11(4)21-13/h7-8,10H,6,9H2,1-5H3,(H2,17,18,19,20). The van der Waals surface area contributed by atoms with E-state index in [1.165, 1.54) is 9.75 Å². The molecule has 21 heavy (non-hydrogen) atoms. The van der Waals surface area contributed by atoms with Gasteiger partial charge in [0.05, 0.1) is 6.54 Å². The SMILES string of the molecule is CCNc1nc(C(C)C)nc(NCc2ccc(C)s2)c1C. The van der Waals surface area contributed by atoms with Crippen LogP contribution in [0.4, 0.5) is 11.6 Å². The van der Waals surface area contributed by atoms with E-state index in [0.29, 0.717) is 5.92 Å². The van der Waals surface area contributed by atoms with Crippen molar-refractivity contribution in [2.24, 2.45) is 0 Å². The first-order chi connectivity index (χ1) is 10.0. The smallest absolute Gasteiger partial charge is 0.135 e. The first-order valence-corrected chi connectivity index (χ1v) is 8.24. The first-order valence-electron chi connectivity index (χ1n) is 7.42. The molecular weight excluding hydrogens is 280 g/mol. The molecule has 0 bridgehead atoms. The molecule has 0 aliphatic rings. The van der Waals surface area contributed by atoms with Gasteiger partial charge in [0.15, 0.2) is 0 Å². The highest BCUT2D eigenvalue weighted by Crippen LogP contribution is 2.24. The van der Waals surface area contributed by atoms with Gasteiger partial charge in [-0.05, 0) is 32.9 Å². The van der Waals surface area contributed by atoms with Crippen LogP contribution >= 0.6 is 11.3 Å². The fourth-order valence-corrected chi connectivity index (χ4v) is 2.88. The van der Waals surface area contributed by atoms with Gasteiger partial charge >= 0.3 is 0 Å². The average Bonchev–Trinajstić information content (AvgIpc) is 2.85. The number of anilines is 2. The molecule has 2 aromatic rings. The molecule has 0 amide bonds. The van der Waals surface area contributed by atoms with E-state index in [2.05, 4.69) is 67.4 Å². The second-order valence-corrected chi connectivity index (χ2v) is 6.83. The third kappa shape index (κ3) is 3.94. The van der Waals surface area contributed by atoms with Crippen LogP contribution in [0.15, 0.2) is 12.1 Å². The van der Waals surface area contributed by atoms with E-state index in [4.69, 9.17) is 0 Å². The predicted molar refractivity (Wildman–Crippen MR) is 91.4 cm³/mol. The summed E-state index contributed by atoms with van der Waals surface area (Å²) >= 11 is 1.82. The van der Waals surface area contributed by atoms with Crippen LogP contribution in [0.5, 0.6) is 0 Å². The monoisotopic (exact) mass is 304 g/mol. The Balaban J connectivity index is 2.23. The molecule has 0 aromatic carbocycles. The number of hydrogen-bond donors (Lipinski definition) is 2. The number of hydrogen-bond acceptors (Lipinski definition) is 5. The van der Waals surface area contributed by atoms with E-state index in [9.17, 15) is 0 Å². The summed E-state index contributed by atoms with van der Waals surface area (Å²) in [5.41, 5.74) is 1.08. The molecule has 0 saturated carbocycles. The Labute approximate surface area is 131 Å². The van der Waals surface area contributed by atoms with E-state index in [1.54, 1.807) is 0 Å². The third-order valence-corrected chi connectivity index (χ3v) is 4.25. The Morgan fingerprint density at radius 1 is 1.10 bits per heavy atom. The number of thiophene rings is 1. The van der Waals surface area contributed by atoms with E-state index in [0.717, 1.165) is 36.1 Å². The summed E-state index contributed by atoms with van der Waals surface area (Å²) < 4.78 is 0. The lowest BCUT2D eigenvalue weighted by Gasteiger charge is -2.15. The van der Waals surface area contributed by atoms with Crippen molar-refractivity contribution in [3.8, 4) is 0 Å². The molecule has 2 N–H and O–H groups in total. The Bertz CT molecular complexity index is 604. The van der Waals surface area contributed by atoms with Gasteiger partial charge in [-0.3, -0.25) is 0 Å². The summed E-state index contributed by atoms with van der Waals surface area (Å²) in [5.74, 6) is 3.05. The molecule has 4 nitrogen and oxygen atoms in total. The Kier molecular flexibility index (Phi) is 5.17. The van der Waals surface area contributed by atoms with Crippen molar-refractivity contribution < 1.29 is 0 Å². The summed E-state index contributed by atoms with van der Waals surface area (Å²) in [4.78, 5) is 12.0. The molecule has 0 saturated heterocycles. The van der Waals surface area contributed by atoms with Crippen LogP contribution < -0.4 is 10.6 Å². The van der Waals surface area contributed by atoms with E-state index < -0.39 is 0 Å². The van der Waals surface area contributed by atoms with Crippen LogP contribution in [-0.4, -0.2) is 16.5 Å². The van der Waals surface area contributed by atoms with Gasteiger partial charge in [0, 0.05) is 27.8 Å². The topological polar surface area (TPSA) is 49.8 Å². The quantitative estimate of drug-likeness (QED) is 0.834. The Hall–Kier alpha value is -1.62. The van der Waals surface area contributed by atoms with Gasteiger partial charge in [-0.1, -0.05) is 13.8 Å². The van der Waals surface area contributed by atoms with E-state index in [1.807, 2.05) is 11.3 Å². The molecular formula is C16H24N4S. The maximum atomic E-state index is 4.68.